The Hall–Kier alpha value is -2.49. The van der Waals surface area contributed by atoms with Crippen LogP contribution in [0, 0.1) is 13.5 Å². The third kappa shape index (κ3) is 2.09. The zero-order valence-electron chi connectivity index (χ0n) is 12.1. The molecule has 7 heteroatoms. The number of methoxy groups -OCH3 is 1. The molecular weight excluding hydrogens is 260 g/mol. The molecule has 7 nitrogen and oxygen atoms in total. The first-order valence-electron chi connectivity index (χ1n) is 6.04. The molecule has 0 aromatic carbocycles. The molecule has 0 unspecified atom stereocenters. The van der Waals surface area contributed by atoms with Gasteiger partial charge in [-0.15, -0.1) is 0 Å². The standard InChI is InChI=1S/C13H16N4O3/c1-7-8(14-5)10(20-12(18)19-6)17-9(7)15-11(16-17)13(2,3)4/h1-4,6H3,(H,15,16). The van der Waals surface area contributed by atoms with Gasteiger partial charge in [-0.2, -0.15) is 0 Å². The summed E-state index contributed by atoms with van der Waals surface area (Å²) in [5, 5.41) is 3.06. The number of hydrogen-bond donors (Lipinski definition) is 1. The third-order valence-corrected chi connectivity index (χ3v) is 2.91. The Kier molecular flexibility index (Phi) is 3.18. The lowest BCUT2D eigenvalue weighted by Gasteiger charge is -2.13. The second-order valence-corrected chi connectivity index (χ2v) is 5.43. The predicted octanol–water partition coefficient (Wildman–Crippen LogP) is 2.96. The van der Waals surface area contributed by atoms with Crippen molar-refractivity contribution in [2.24, 2.45) is 0 Å². The maximum atomic E-state index is 11.3. The molecular formula is C13H16N4O3. The molecule has 2 aromatic rings. The summed E-state index contributed by atoms with van der Waals surface area (Å²) in [5.74, 6) is 0.837. The van der Waals surface area contributed by atoms with Crippen molar-refractivity contribution in [3.05, 3.63) is 22.8 Å². The number of carbonyl (C=O) groups excluding carboxylic acids is 1. The Labute approximate surface area is 116 Å². The molecule has 0 amide bonds. The number of aromatic amines is 1. The Balaban J connectivity index is 2.67. The minimum absolute atomic E-state index is 0.0994. The van der Waals surface area contributed by atoms with Crippen molar-refractivity contribution < 1.29 is 14.3 Å². The van der Waals surface area contributed by atoms with Crippen molar-refractivity contribution in [2.75, 3.05) is 7.11 Å². The molecule has 106 valence electrons. The van der Waals surface area contributed by atoms with E-state index in [1.165, 1.54) is 11.6 Å². The van der Waals surface area contributed by atoms with Gasteiger partial charge in [-0.05, 0) is 6.92 Å². The van der Waals surface area contributed by atoms with Gasteiger partial charge in [-0.25, -0.2) is 19.1 Å². The molecule has 0 radical (unpaired) electrons. The second-order valence-electron chi connectivity index (χ2n) is 5.43. The third-order valence-electron chi connectivity index (χ3n) is 2.91. The molecule has 0 saturated carbocycles. The lowest BCUT2D eigenvalue weighted by Crippen LogP contribution is -2.14. The van der Waals surface area contributed by atoms with Crippen LogP contribution in [-0.4, -0.2) is 27.9 Å². The van der Waals surface area contributed by atoms with Gasteiger partial charge in [0.05, 0.1) is 13.7 Å². The number of nitrogens with zero attached hydrogens (tertiary/aromatic N) is 3. The van der Waals surface area contributed by atoms with Gasteiger partial charge in [-0.1, -0.05) is 20.8 Å². The maximum absolute atomic E-state index is 11.3. The summed E-state index contributed by atoms with van der Waals surface area (Å²) >= 11 is 0. The fraction of sp³-hybridized carbons (Fsp3) is 0.462. The van der Waals surface area contributed by atoms with E-state index in [0.717, 1.165) is 5.82 Å². The lowest BCUT2D eigenvalue weighted by molar-refractivity contribution is 0.119. The first-order chi connectivity index (χ1) is 9.29. The van der Waals surface area contributed by atoms with Crippen LogP contribution in [0.5, 0.6) is 5.88 Å². The minimum atomic E-state index is -0.874. The van der Waals surface area contributed by atoms with E-state index in [2.05, 4.69) is 19.7 Å². The highest BCUT2D eigenvalue weighted by atomic mass is 16.7. The second kappa shape index (κ2) is 4.56. The summed E-state index contributed by atoms with van der Waals surface area (Å²) in [7, 11) is 1.21. The first kappa shape index (κ1) is 13.9. The number of nitrogens with one attached hydrogen (secondary N) is 1. The van der Waals surface area contributed by atoms with E-state index in [1.54, 1.807) is 6.92 Å². The van der Waals surface area contributed by atoms with Crippen molar-refractivity contribution in [3.8, 4) is 5.88 Å². The van der Waals surface area contributed by atoms with Crippen LogP contribution in [0.1, 0.15) is 32.2 Å². The van der Waals surface area contributed by atoms with Gasteiger partial charge < -0.3 is 9.47 Å². The summed E-state index contributed by atoms with van der Waals surface area (Å²) in [5.41, 5.74) is 1.28. The van der Waals surface area contributed by atoms with Crippen LogP contribution < -0.4 is 4.74 Å². The zero-order valence-corrected chi connectivity index (χ0v) is 12.1. The Bertz CT molecular complexity index is 713. The minimum Gasteiger partial charge on any atom is -0.437 e. The molecule has 2 aromatic heterocycles. The van der Waals surface area contributed by atoms with Crippen molar-refractivity contribution in [3.63, 3.8) is 0 Å². The highest BCUT2D eigenvalue weighted by molar-refractivity contribution is 5.76. The van der Waals surface area contributed by atoms with E-state index in [9.17, 15) is 4.79 Å². The van der Waals surface area contributed by atoms with Gasteiger partial charge in [0.2, 0.25) is 5.88 Å². The maximum Gasteiger partial charge on any atom is 0.513 e. The largest absolute Gasteiger partial charge is 0.513 e. The number of ether oxygens (including phenoxy) is 2. The molecule has 0 aliphatic rings. The van der Waals surface area contributed by atoms with Crippen LogP contribution >= 0.6 is 0 Å². The monoisotopic (exact) mass is 276 g/mol. The number of rotatable bonds is 1. The number of carbonyl (C=O) groups is 1. The Morgan fingerprint density at radius 1 is 1.45 bits per heavy atom. The molecule has 1 N–H and O–H groups in total. The SMILES string of the molecule is [C-]#[N+]c1c(C)c2nc(C(C)(C)C)[nH]n2c1OC(=O)OC. The fourth-order valence-electron chi connectivity index (χ4n) is 1.79. The Morgan fingerprint density at radius 2 is 2.10 bits per heavy atom. The highest BCUT2D eigenvalue weighted by Gasteiger charge is 2.26. The van der Waals surface area contributed by atoms with Crippen molar-refractivity contribution in [1.82, 2.24) is 14.6 Å². The van der Waals surface area contributed by atoms with E-state index >= 15 is 0 Å². The van der Waals surface area contributed by atoms with Gasteiger partial charge in [-0.3, -0.25) is 5.10 Å². The quantitative estimate of drug-likeness (QED) is 0.642. The molecule has 20 heavy (non-hydrogen) atoms. The van der Waals surface area contributed by atoms with Crippen LogP contribution in [0.2, 0.25) is 0 Å². The normalized spacial score (nSPS) is 11.4. The highest BCUT2D eigenvalue weighted by Crippen LogP contribution is 2.37. The van der Waals surface area contributed by atoms with Crippen LogP contribution in [0.4, 0.5) is 10.5 Å². The Morgan fingerprint density at radius 3 is 2.60 bits per heavy atom. The van der Waals surface area contributed by atoms with Crippen LogP contribution in [0.25, 0.3) is 10.5 Å². The molecule has 0 saturated heterocycles. The van der Waals surface area contributed by atoms with Gasteiger partial charge >= 0.3 is 6.16 Å². The molecule has 0 fully saturated rings. The van der Waals surface area contributed by atoms with Crippen molar-refractivity contribution in [1.29, 1.82) is 0 Å². The molecule has 0 spiro atoms. The van der Waals surface area contributed by atoms with E-state index in [4.69, 9.17) is 11.3 Å². The summed E-state index contributed by atoms with van der Waals surface area (Å²) in [4.78, 5) is 19.2. The number of aryl methyl sites for hydroxylation is 1. The van der Waals surface area contributed by atoms with Gasteiger partial charge in [0.25, 0.3) is 5.69 Å². The molecule has 0 bridgehead atoms. The number of fused-ring (bicyclic) bond motifs is 1. The van der Waals surface area contributed by atoms with E-state index < -0.39 is 6.16 Å². The molecule has 0 aliphatic heterocycles. The number of hydrogen-bond acceptors (Lipinski definition) is 4. The summed E-state index contributed by atoms with van der Waals surface area (Å²) in [6.07, 6.45) is -0.874. The average molecular weight is 276 g/mol. The summed E-state index contributed by atoms with van der Waals surface area (Å²) in [6, 6.07) is 0. The molecule has 2 rings (SSSR count). The molecule has 0 aliphatic carbocycles. The van der Waals surface area contributed by atoms with Crippen molar-refractivity contribution >= 4 is 17.5 Å². The van der Waals surface area contributed by atoms with Crippen molar-refractivity contribution in [2.45, 2.75) is 33.1 Å². The lowest BCUT2D eigenvalue weighted by atomic mass is 9.96. The van der Waals surface area contributed by atoms with Gasteiger partial charge in [0.1, 0.15) is 11.5 Å². The fourth-order valence-corrected chi connectivity index (χ4v) is 1.79. The van der Waals surface area contributed by atoms with E-state index in [1.807, 2.05) is 20.8 Å². The summed E-state index contributed by atoms with van der Waals surface area (Å²) < 4.78 is 11.0. The zero-order chi connectivity index (χ0) is 15.1. The molecule has 2 heterocycles. The molecule has 0 atom stereocenters. The topological polar surface area (TPSA) is 73.0 Å². The van der Waals surface area contributed by atoms with Gasteiger partial charge in [0, 0.05) is 11.0 Å². The van der Waals surface area contributed by atoms with Crippen LogP contribution in [-0.2, 0) is 10.2 Å². The average Bonchev–Trinajstić information content (AvgIpc) is 2.90. The van der Waals surface area contributed by atoms with Crippen LogP contribution in [0.15, 0.2) is 0 Å². The van der Waals surface area contributed by atoms with E-state index in [0.29, 0.717) is 11.2 Å². The first-order valence-corrected chi connectivity index (χ1v) is 6.04. The predicted molar refractivity (Wildman–Crippen MR) is 72.3 cm³/mol. The van der Waals surface area contributed by atoms with Gasteiger partial charge in [0.15, 0.2) is 0 Å². The summed E-state index contributed by atoms with van der Waals surface area (Å²) in [6.45, 7) is 15.0. The smallest absolute Gasteiger partial charge is 0.437 e. The van der Waals surface area contributed by atoms with Crippen LogP contribution in [0.3, 0.4) is 0 Å². The van der Waals surface area contributed by atoms with E-state index in [-0.39, 0.29) is 17.0 Å². The number of H-pyrrole nitrogens is 1. The number of aromatic nitrogens is 3.